The lowest BCUT2D eigenvalue weighted by Gasteiger charge is -2.17. The number of aromatic carboxylic acids is 1. The van der Waals surface area contributed by atoms with Gasteiger partial charge in [-0.25, -0.2) is 9.78 Å². The summed E-state index contributed by atoms with van der Waals surface area (Å²) in [5.41, 5.74) is -0.426. The van der Waals surface area contributed by atoms with Crippen molar-refractivity contribution in [3.8, 4) is 0 Å². The van der Waals surface area contributed by atoms with Gasteiger partial charge in [0.2, 0.25) is 5.91 Å². The Kier molecular flexibility index (Phi) is 4.86. The zero-order valence-corrected chi connectivity index (χ0v) is 11.4. The van der Waals surface area contributed by atoms with Crippen LogP contribution in [0.5, 0.6) is 0 Å². The van der Waals surface area contributed by atoms with E-state index in [9.17, 15) is 9.59 Å². The van der Waals surface area contributed by atoms with Gasteiger partial charge in [0.05, 0.1) is 0 Å². The molecule has 1 amide bonds. The second kappa shape index (κ2) is 6.17. The zero-order valence-electron chi connectivity index (χ0n) is 11.4. The number of amides is 1. The van der Waals surface area contributed by atoms with Crippen molar-refractivity contribution in [3.05, 3.63) is 23.9 Å². The summed E-state index contributed by atoms with van der Waals surface area (Å²) >= 11 is 0. The van der Waals surface area contributed by atoms with Crippen molar-refractivity contribution in [2.75, 3.05) is 18.4 Å². The van der Waals surface area contributed by atoms with Gasteiger partial charge in [-0.3, -0.25) is 4.79 Å². The van der Waals surface area contributed by atoms with Crippen LogP contribution in [0, 0.1) is 5.41 Å². The van der Waals surface area contributed by atoms with Crippen molar-refractivity contribution in [2.45, 2.75) is 20.8 Å². The Balaban J connectivity index is 2.40. The Bertz CT molecular complexity index is 466. The van der Waals surface area contributed by atoms with Gasteiger partial charge in [0.15, 0.2) is 5.69 Å². The molecule has 0 atom stereocenters. The van der Waals surface area contributed by atoms with Crippen molar-refractivity contribution >= 4 is 17.7 Å². The molecule has 0 fully saturated rings. The zero-order chi connectivity index (χ0) is 14.5. The van der Waals surface area contributed by atoms with E-state index in [1.54, 1.807) is 12.1 Å². The lowest BCUT2D eigenvalue weighted by Crippen LogP contribution is -2.37. The summed E-state index contributed by atoms with van der Waals surface area (Å²) in [6.45, 7) is 6.46. The van der Waals surface area contributed by atoms with Crippen LogP contribution in [0.15, 0.2) is 18.2 Å². The van der Waals surface area contributed by atoms with Crippen molar-refractivity contribution < 1.29 is 14.7 Å². The first-order chi connectivity index (χ1) is 8.80. The van der Waals surface area contributed by atoms with Crippen molar-refractivity contribution in [1.29, 1.82) is 0 Å². The summed E-state index contributed by atoms with van der Waals surface area (Å²) in [6.07, 6.45) is 0. The minimum absolute atomic E-state index is 0.0104. The Labute approximate surface area is 112 Å². The molecule has 104 valence electrons. The third-order valence-corrected chi connectivity index (χ3v) is 2.37. The van der Waals surface area contributed by atoms with E-state index in [1.807, 2.05) is 20.8 Å². The highest BCUT2D eigenvalue weighted by Crippen LogP contribution is 2.12. The van der Waals surface area contributed by atoms with Crippen LogP contribution >= 0.6 is 0 Å². The maximum absolute atomic E-state index is 11.6. The number of pyridine rings is 1. The van der Waals surface area contributed by atoms with E-state index in [0.29, 0.717) is 18.9 Å². The number of carbonyl (C=O) groups excluding carboxylic acids is 1. The maximum Gasteiger partial charge on any atom is 0.354 e. The van der Waals surface area contributed by atoms with Crippen LogP contribution in [0.1, 0.15) is 31.3 Å². The van der Waals surface area contributed by atoms with Crippen molar-refractivity contribution in [3.63, 3.8) is 0 Å². The first kappa shape index (κ1) is 14.9. The maximum atomic E-state index is 11.6. The van der Waals surface area contributed by atoms with Crippen molar-refractivity contribution in [1.82, 2.24) is 10.3 Å². The number of carboxylic acids is 1. The quantitative estimate of drug-likeness (QED) is 0.699. The van der Waals surface area contributed by atoms with E-state index in [4.69, 9.17) is 5.11 Å². The molecule has 1 rings (SSSR count). The number of anilines is 1. The lowest BCUT2D eigenvalue weighted by atomic mass is 9.96. The molecule has 3 N–H and O–H groups in total. The topological polar surface area (TPSA) is 91.3 Å². The van der Waals surface area contributed by atoms with Crippen LogP contribution in [0.4, 0.5) is 5.82 Å². The monoisotopic (exact) mass is 265 g/mol. The molecular formula is C13H19N3O3. The highest BCUT2D eigenvalue weighted by atomic mass is 16.4. The van der Waals surface area contributed by atoms with Gasteiger partial charge in [-0.2, -0.15) is 0 Å². The Morgan fingerprint density at radius 1 is 1.26 bits per heavy atom. The number of nitrogens with zero attached hydrogens (tertiary/aromatic N) is 1. The average molecular weight is 265 g/mol. The fraction of sp³-hybridized carbons (Fsp3) is 0.462. The van der Waals surface area contributed by atoms with Crippen LogP contribution in [-0.2, 0) is 4.79 Å². The van der Waals surface area contributed by atoms with Crippen molar-refractivity contribution in [2.24, 2.45) is 5.41 Å². The molecule has 1 aromatic rings. The first-order valence-corrected chi connectivity index (χ1v) is 6.03. The Morgan fingerprint density at radius 2 is 1.95 bits per heavy atom. The predicted molar refractivity (Wildman–Crippen MR) is 72.2 cm³/mol. The van der Waals surface area contributed by atoms with Crippen LogP contribution in [-0.4, -0.2) is 35.1 Å². The highest BCUT2D eigenvalue weighted by Gasteiger charge is 2.20. The molecule has 0 aromatic carbocycles. The molecule has 6 nitrogen and oxygen atoms in total. The number of hydrogen-bond donors (Lipinski definition) is 3. The highest BCUT2D eigenvalue weighted by molar-refractivity contribution is 5.85. The van der Waals surface area contributed by atoms with Gasteiger partial charge in [-0.15, -0.1) is 0 Å². The normalized spacial score (nSPS) is 10.9. The summed E-state index contributed by atoms with van der Waals surface area (Å²) in [5.74, 6) is -0.615. The summed E-state index contributed by atoms with van der Waals surface area (Å²) < 4.78 is 0. The number of aromatic nitrogens is 1. The molecule has 1 heterocycles. The number of carbonyl (C=O) groups is 2. The summed E-state index contributed by atoms with van der Waals surface area (Å²) in [7, 11) is 0. The molecule has 0 unspecified atom stereocenters. The SMILES string of the molecule is CC(C)(C)C(=O)NCCNc1cccc(C(=O)O)n1. The lowest BCUT2D eigenvalue weighted by molar-refractivity contribution is -0.128. The minimum Gasteiger partial charge on any atom is -0.477 e. The number of rotatable bonds is 5. The molecule has 0 aliphatic heterocycles. The first-order valence-electron chi connectivity index (χ1n) is 6.03. The Hall–Kier alpha value is -2.11. The van der Waals surface area contributed by atoms with E-state index in [2.05, 4.69) is 15.6 Å². The molecule has 0 bridgehead atoms. The fourth-order valence-electron chi connectivity index (χ4n) is 1.28. The van der Waals surface area contributed by atoms with Crippen LogP contribution in [0.3, 0.4) is 0 Å². The minimum atomic E-state index is -1.07. The van der Waals surface area contributed by atoms with Gasteiger partial charge in [0, 0.05) is 18.5 Å². The standard InChI is InChI=1S/C13H19N3O3/c1-13(2,3)12(19)15-8-7-14-10-6-4-5-9(16-10)11(17)18/h4-6H,7-8H2,1-3H3,(H,14,16)(H,15,19)(H,17,18). The third-order valence-electron chi connectivity index (χ3n) is 2.37. The summed E-state index contributed by atoms with van der Waals surface area (Å²) in [6, 6.07) is 4.72. The molecule has 0 aliphatic rings. The number of carboxylic acid groups (broad SMARTS) is 1. The predicted octanol–water partition coefficient (Wildman–Crippen LogP) is 1.35. The van der Waals surface area contributed by atoms with Crippen LogP contribution in [0.2, 0.25) is 0 Å². The number of nitrogens with one attached hydrogen (secondary N) is 2. The summed E-state index contributed by atoms with van der Waals surface area (Å²) in [5, 5.41) is 14.5. The molecule has 1 aromatic heterocycles. The van der Waals surface area contributed by atoms with Gasteiger partial charge in [0.1, 0.15) is 5.82 Å². The smallest absolute Gasteiger partial charge is 0.354 e. The second-order valence-corrected chi connectivity index (χ2v) is 5.15. The third kappa shape index (κ3) is 4.95. The van der Waals surface area contributed by atoms with E-state index >= 15 is 0 Å². The summed E-state index contributed by atoms with van der Waals surface area (Å²) in [4.78, 5) is 26.2. The average Bonchev–Trinajstić information content (AvgIpc) is 2.33. The van der Waals surface area contributed by atoms with Gasteiger partial charge >= 0.3 is 5.97 Å². The second-order valence-electron chi connectivity index (χ2n) is 5.15. The molecule has 6 heteroatoms. The Morgan fingerprint density at radius 3 is 2.53 bits per heavy atom. The molecule has 0 spiro atoms. The molecule has 0 aliphatic carbocycles. The molecule has 0 saturated carbocycles. The van der Waals surface area contributed by atoms with E-state index < -0.39 is 11.4 Å². The van der Waals surface area contributed by atoms with Gasteiger partial charge in [0.25, 0.3) is 0 Å². The molecule has 0 saturated heterocycles. The molecule has 19 heavy (non-hydrogen) atoms. The van der Waals surface area contributed by atoms with Crippen LogP contribution < -0.4 is 10.6 Å². The fourth-order valence-corrected chi connectivity index (χ4v) is 1.28. The van der Waals surface area contributed by atoms with E-state index in [0.717, 1.165) is 0 Å². The molecule has 0 radical (unpaired) electrons. The van der Waals surface area contributed by atoms with Gasteiger partial charge < -0.3 is 15.7 Å². The number of hydrogen-bond acceptors (Lipinski definition) is 4. The van der Waals surface area contributed by atoms with E-state index in [-0.39, 0.29) is 11.6 Å². The van der Waals surface area contributed by atoms with E-state index in [1.165, 1.54) is 6.07 Å². The van der Waals surface area contributed by atoms with Gasteiger partial charge in [-0.1, -0.05) is 26.8 Å². The van der Waals surface area contributed by atoms with Gasteiger partial charge in [-0.05, 0) is 12.1 Å². The molecular weight excluding hydrogens is 246 g/mol. The largest absolute Gasteiger partial charge is 0.477 e. The van der Waals surface area contributed by atoms with Crippen LogP contribution in [0.25, 0.3) is 0 Å².